The molecule has 0 aliphatic carbocycles. The fourth-order valence-electron chi connectivity index (χ4n) is 2.30. The van der Waals surface area contributed by atoms with Gasteiger partial charge in [-0.2, -0.15) is 5.10 Å². The maximum Gasteiger partial charge on any atom is 0.311 e. The molecule has 1 aliphatic heterocycles. The van der Waals surface area contributed by atoms with Crippen molar-refractivity contribution in [2.75, 3.05) is 25.2 Å². The fraction of sp³-hybridized carbons (Fsp3) is 0.353. The number of thiazole rings is 1. The third kappa shape index (κ3) is 4.48. The molecule has 0 saturated heterocycles. The van der Waals surface area contributed by atoms with E-state index in [-0.39, 0.29) is 12.4 Å². The number of hydrazone groups is 1. The lowest BCUT2D eigenvalue weighted by molar-refractivity contribution is -0.142. The molecule has 0 amide bonds. The number of aryl methyl sites for hydroxylation is 1. The van der Waals surface area contributed by atoms with Gasteiger partial charge < -0.3 is 14.2 Å². The van der Waals surface area contributed by atoms with E-state index in [1.165, 1.54) is 11.3 Å². The molecule has 1 aromatic heterocycles. The van der Waals surface area contributed by atoms with E-state index in [0.29, 0.717) is 30.6 Å². The summed E-state index contributed by atoms with van der Waals surface area (Å²) in [4.78, 5) is 15.8. The molecule has 2 aromatic rings. The number of aromatic nitrogens is 1. The summed E-state index contributed by atoms with van der Waals surface area (Å²) in [5, 5.41) is 6.64. The second kappa shape index (κ2) is 7.98. The molecule has 2 heterocycles. The maximum atomic E-state index is 11.4. The number of benzene rings is 1. The van der Waals surface area contributed by atoms with Gasteiger partial charge in [0.15, 0.2) is 11.5 Å². The summed E-state index contributed by atoms with van der Waals surface area (Å²) in [6.45, 7) is 5.25. The van der Waals surface area contributed by atoms with Crippen LogP contribution >= 0.6 is 11.3 Å². The number of carbonyl (C=O) groups is 1. The SMILES string of the molecule is CCOC(=O)Cc1csc(NN=Cc2cc3c(cc2C)OCCO3)n1. The van der Waals surface area contributed by atoms with E-state index < -0.39 is 0 Å². The van der Waals surface area contributed by atoms with Crippen molar-refractivity contribution in [1.29, 1.82) is 0 Å². The molecule has 0 bridgehead atoms. The molecular weight excluding hydrogens is 342 g/mol. The largest absolute Gasteiger partial charge is 0.486 e. The molecule has 0 fully saturated rings. The van der Waals surface area contributed by atoms with Crippen LogP contribution in [0.3, 0.4) is 0 Å². The van der Waals surface area contributed by atoms with Gasteiger partial charge in [-0.25, -0.2) is 4.98 Å². The molecule has 7 nitrogen and oxygen atoms in total. The average Bonchev–Trinajstić information content (AvgIpc) is 3.02. The Morgan fingerprint density at radius 3 is 2.92 bits per heavy atom. The molecule has 0 unspecified atom stereocenters. The number of esters is 1. The summed E-state index contributed by atoms with van der Waals surface area (Å²) in [7, 11) is 0. The van der Waals surface area contributed by atoms with Crippen molar-refractivity contribution in [1.82, 2.24) is 4.98 Å². The van der Waals surface area contributed by atoms with Crippen LogP contribution in [0.2, 0.25) is 0 Å². The van der Waals surface area contributed by atoms with Gasteiger partial charge in [-0.3, -0.25) is 10.2 Å². The van der Waals surface area contributed by atoms with Crippen LogP contribution in [0.15, 0.2) is 22.6 Å². The van der Waals surface area contributed by atoms with Gasteiger partial charge in [-0.15, -0.1) is 11.3 Å². The Labute approximate surface area is 149 Å². The summed E-state index contributed by atoms with van der Waals surface area (Å²) in [6.07, 6.45) is 1.87. The molecule has 0 saturated carbocycles. The van der Waals surface area contributed by atoms with Gasteiger partial charge >= 0.3 is 5.97 Å². The molecule has 0 spiro atoms. The highest BCUT2D eigenvalue weighted by Crippen LogP contribution is 2.32. The number of hydrogen-bond acceptors (Lipinski definition) is 8. The summed E-state index contributed by atoms with van der Waals surface area (Å²) in [6, 6.07) is 3.85. The van der Waals surface area contributed by atoms with Crippen LogP contribution in [-0.2, 0) is 16.0 Å². The highest BCUT2D eigenvalue weighted by molar-refractivity contribution is 7.13. The molecule has 1 aliphatic rings. The number of hydrogen-bond donors (Lipinski definition) is 1. The van der Waals surface area contributed by atoms with Crippen molar-refractivity contribution in [2.45, 2.75) is 20.3 Å². The summed E-state index contributed by atoms with van der Waals surface area (Å²) in [5.41, 5.74) is 5.51. The molecule has 25 heavy (non-hydrogen) atoms. The first-order valence-electron chi connectivity index (χ1n) is 7.95. The van der Waals surface area contributed by atoms with Crippen molar-refractivity contribution >= 4 is 28.7 Å². The number of rotatable bonds is 6. The molecule has 132 valence electrons. The van der Waals surface area contributed by atoms with E-state index in [1.54, 1.807) is 13.1 Å². The minimum absolute atomic E-state index is 0.164. The Morgan fingerprint density at radius 1 is 1.40 bits per heavy atom. The first-order valence-corrected chi connectivity index (χ1v) is 8.83. The minimum atomic E-state index is -0.283. The Bertz CT molecular complexity index is 788. The zero-order chi connectivity index (χ0) is 17.6. The van der Waals surface area contributed by atoms with Gasteiger partial charge in [0, 0.05) is 10.9 Å². The minimum Gasteiger partial charge on any atom is -0.486 e. The van der Waals surface area contributed by atoms with Crippen molar-refractivity contribution in [2.24, 2.45) is 5.10 Å². The number of nitrogens with zero attached hydrogens (tertiary/aromatic N) is 2. The molecular formula is C17H19N3O4S. The summed E-state index contributed by atoms with van der Waals surface area (Å²) < 4.78 is 16.0. The predicted octanol–water partition coefficient (Wildman–Crippen LogP) is 2.77. The number of carbonyl (C=O) groups excluding carboxylic acids is 1. The van der Waals surface area contributed by atoms with E-state index >= 15 is 0 Å². The van der Waals surface area contributed by atoms with Gasteiger partial charge in [0.25, 0.3) is 0 Å². The third-order valence-corrected chi connectivity index (χ3v) is 4.27. The monoisotopic (exact) mass is 361 g/mol. The van der Waals surface area contributed by atoms with E-state index in [4.69, 9.17) is 14.2 Å². The van der Waals surface area contributed by atoms with Crippen LogP contribution in [0.25, 0.3) is 0 Å². The number of nitrogens with one attached hydrogen (secondary N) is 1. The lowest BCUT2D eigenvalue weighted by atomic mass is 10.1. The number of fused-ring (bicyclic) bond motifs is 1. The Hall–Kier alpha value is -2.61. The third-order valence-electron chi connectivity index (χ3n) is 3.48. The Balaban J connectivity index is 1.62. The lowest BCUT2D eigenvalue weighted by Crippen LogP contribution is -2.15. The van der Waals surface area contributed by atoms with E-state index in [9.17, 15) is 4.79 Å². The van der Waals surface area contributed by atoms with Crippen molar-refractivity contribution in [3.63, 3.8) is 0 Å². The smallest absolute Gasteiger partial charge is 0.311 e. The van der Waals surface area contributed by atoms with Gasteiger partial charge in [-0.1, -0.05) is 0 Å². The topological polar surface area (TPSA) is 82.0 Å². The van der Waals surface area contributed by atoms with Crippen molar-refractivity contribution in [3.8, 4) is 11.5 Å². The van der Waals surface area contributed by atoms with E-state index in [0.717, 1.165) is 22.6 Å². The molecule has 3 rings (SSSR count). The second-order valence-electron chi connectivity index (χ2n) is 5.35. The first kappa shape index (κ1) is 17.2. The average molecular weight is 361 g/mol. The zero-order valence-electron chi connectivity index (χ0n) is 14.1. The van der Waals surface area contributed by atoms with Crippen molar-refractivity contribution < 1.29 is 19.0 Å². The maximum absolute atomic E-state index is 11.4. The van der Waals surface area contributed by atoms with Crippen LogP contribution in [0, 0.1) is 6.92 Å². The normalized spacial score (nSPS) is 13.0. The number of ether oxygens (including phenoxy) is 3. The second-order valence-corrected chi connectivity index (χ2v) is 6.21. The van der Waals surface area contributed by atoms with Crippen LogP contribution in [0.5, 0.6) is 11.5 Å². The Morgan fingerprint density at radius 2 is 2.16 bits per heavy atom. The number of anilines is 1. The predicted molar refractivity (Wildman–Crippen MR) is 95.8 cm³/mol. The van der Waals surface area contributed by atoms with Crippen LogP contribution < -0.4 is 14.9 Å². The summed E-state index contributed by atoms with van der Waals surface area (Å²) in [5.74, 6) is 1.21. The standard InChI is InChI=1S/C17H19N3O4S/c1-3-22-16(21)8-13-10-25-17(19-13)20-18-9-12-7-15-14(6-11(12)2)23-4-5-24-15/h6-7,9-10H,3-5,8H2,1-2H3,(H,19,20). The zero-order valence-corrected chi connectivity index (χ0v) is 14.9. The van der Waals surface area contributed by atoms with Gasteiger partial charge in [-0.05, 0) is 31.5 Å². The van der Waals surface area contributed by atoms with Gasteiger partial charge in [0.05, 0.1) is 24.9 Å². The van der Waals surface area contributed by atoms with E-state index in [2.05, 4.69) is 15.5 Å². The van der Waals surface area contributed by atoms with Gasteiger partial charge in [0.2, 0.25) is 5.13 Å². The fourth-order valence-corrected chi connectivity index (χ4v) is 2.96. The summed E-state index contributed by atoms with van der Waals surface area (Å²) >= 11 is 1.38. The molecule has 0 radical (unpaired) electrons. The molecule has 8 heteroatoms. The van der Waals surface area contributed by atoms with Gasteiger partial charge in [0.1, 0.15) is 13.2 Å². The Kier molecular flexibility index (Phi) is 5.49. The quantitative estimate of drug-likeness (QED) is 0.484. The highest BCUT2D eigenvalue weighted by Gasteiger charge is 2.13. The molecule has 0 atom stereocenters. The van der Waals surface area contributed by atoms with E-state index in [1.807, 2.05) is 24.4 Å². The molecule has 1 aromatic carbocycles. The van der Waals surface area contributed by atoms with Crippen LogP contribution in [-0.4, -0.2) is 37.0 Å². The van der Waals surface area contributed by atoms with Crippen LogP contribution in [0.4, 0.5) is 5.13 Å². The van der Waals surface area contributed by atoms with Crippen molar-refractivity contribution in [3.05, 3.63) is 34.3 Å². The van der Waals surface area contributed by atoms with Crippen LogP contribution in [0.1, 0.15) is 23.7 Å². The lowest BCUT2D eigenvalue weighted by Gasteiger charge is -2.19. The highest BCUT2D eigenvalue weighted by atomic mass is 32.1. The molecule has 1 N–H and O–H groups in total. The first-order chi connectivity index (χ1) is 12.2.